The third kappa shape index (κ3) is 2.01. The van der Waals surface area contributed by atoms with Crippen LogP contribution in [0.2, 0.25) is 0 Å². The van der Waals surface area contributed by atoms with Crippen molar-refractivity contribution in [1.82, 2.24) is 0 Å². The first kappa shape index (κ1) is 10.5. The summed E-state index contributed by atoms with van der Waals surface area (Å²) in [4.78, 5) is 0. The van der Waals surface area contributed by atoms with E-state index in [1.165, 1.54) is 11.1 Å². The van der Waals surface area contributed by atoms with Crippen LogP contribution in [-0.2, 0) is 6.42 Å². The first-order valence-electron chi connectivity index (χ1n) is 5.98. The number of aryl methyl sites for hydroxylation is 1. The van der Waals surface area contributed by atoms with Crippen molar-refractivity contribution in [2.45, 2.75) is 39.5 Å². The molecule has 1 atom stereocenters. The molecule has 1 aromatic carbocycles. The largest absolute Gasteiger partial charge is 0.493 e. The van der Waals surface area contributed by atoms with Crippen LogP contribution in [0.3, 0.4) is 0 Å². The first-order chi connectivity index (χ1) is 7.22. The number of rotatable bonds is 2. The molecule has 1 heterocycles. The van der Waals surface area contributed by atoms with Crippen LogP contribution in [-0.4, -0.2) is 6.61 Å². The molecule has 1 nitrogen and oxygen atoms in total. The molecule has 0 spiro atoms. The Labute approximate surface area is 92.5 Å². The van der Waals surface area contributed by atoms with E-state index in [0.29, 0.717) is 11.8 Å². The Kier molecular flexibility index (Phi) is 2.99. The molecule has 0 saturated carbocycles. The molecule has 1 aliphatic heterocycles. The summed E-state index contributed by atoms with van der Waals surface area (Å²) in [6.45, 7) is 7.66. The van der Waals surface area contributed by atoms with Gasteiger partial charge in [-0.05, 0) is 41.9 Å². The second-order valence-corrected chi connectivity index (χ2v) is 4.71. The van der Waals surface area contributed by atoms with Gasteiger partial charge in [0.05, 0.1) is 6.61 Å². The van der Waals surface area contributed by atoms with Crippen molar-refractivity contribution >= 4 is 0 Å². The minimum absolute atomic E-state index is 0.680. The Morgan fingerprint density at radius 2 is 2.20 bits per heavy atom. The molecular formula is C14H20O. The van der Waals surface area contributed by atoms with Crippen LogP contribution in [0.1, 0.15) is 44.2 Å². The smallest absolute Gasteiger partial charge is 0.123 e. The Bertz CT molecular complexity index is 341. The fourth-order valence-electron chi connectivity index (χ4n) is 2.37. The summed E-state index contributed by atoms with van der Waals surface area (Å²) in [6.07, 6.45) is 2.25. The Hall–Kier alpha value is -0.980. The fraction of sp³-hybridized carbons (Fsp3) is 0.571. The van der Waals surface area contributed by atoms with Gasteiger partial charge in [-0.25, -0.2) is 0 Å². The van der Waals surface area contributed by atoms with Crippen molar-refractivity contribution in [2.24, 2.45) is 5.92 Å². The highest BCUT2D eigenvalue weighted by Gasteiger charge is 2.23. The van der Waals surface area contributed by atoms with E-state index in [-0.39, 0.29) is 0 Å². The highest BCUT2D eigenvalue weighted by molar-refractivity contribution is 5.41. The minimum atomic E-state index is 0.680. The predicted octanol–water partition coefficient (Wildman–Crippen LogP) is 3.77. The van der Waals surface area contributed by atoms with Crippen molar-refractivity contribution in [1.29, 1.82) is 0 Å². The maximum atomic E-state index is 5.75. The molecule has 1 aliphatic rings. The van der Waals surface area contributed by atoms with Crippen LogP contribution >= 0.6 is 0 Å². The van der Waals surface area contributed by atoms with E-state index in [9.17, 15) is 0 Å². The summed E-state index contributed by atoms with van der Waals surface area (Å²) in [7, 11) is 0. The highest BCUT2D eigenvalue weighted by Crippen LogP contribution is 2.38. The molecule has 0 N–H and O–H groups in total. The summed E-state index contributed by atoms with van der Waals surface area (Å²) in [6, 6.07) is 6.71. The maximum Gasteiger partial charge on any atom is 0.123 e. The van der Waals surface area contributed by atoms with Gasteiger partial charge >= 0.3 is 0 Å². The van der Waals surface area contributed by atoms with Gasteiger partial charge in [0.1, 0.15) is 5.75 Å². The van der Waals surface area contributed by atoms with Gasteiger partial charge in [-0.2, -0.15) is 0 Å². The average molecular weight is 204 g/mol. The van der Waals surface area contributed by atoms with Gasteiger partial charge in [-0.15, -0.1) is 0 Å². The SMILES string of the molecule is CCc1ccc2c(c1)OCCC2C(C)C. The zero-order valence-electron chi connectivity index (χ0n) is 9.92. The first-order valence-corrected chi connectivity index (χ1v) is 5.98. The lowest BCUT2D eigenvalue weighted by molar-refractivity contribution is 0.247. The molecule has 15 heavy (non-hydrogen) atoms. The molecule has 1 unspecified atom stereocenters. The Balaban J connectivity index is 2.36. The zero-order chi connectivity index (χ0) is 10.8. The average Bonchev–Trinajstić information content (AvgIpc) is 2.27. The molecule has 0 aliphatic carbocycles. The van der Waals surface area contributed by atoms with Gasteiger partial charge in [-0.3, -0.25) is 0 Å². The van der Waals surface area contributed by atoms with Crippen molar-refractivity contribution in [2.75, 3.05) is 6.61 Å². The van der Waals surface area contributed by atoms with Crippen LogP contribution in [0.4, 0.5) is 0 Å². The topological polar surface area (TPSA) is 9.23 Å². The van der Waals surface area contributed by atoms with Gasteiger partial charge in [0.15, 0.2) is 0 Å². The molecular weight excluding hydrogens is 184 g/mol. The molecule has 1 heteroatoms. The second-order valence-electron chi connectivity index (χ2n) is 4.71. The number of ether oxygens (including phenoxy) is 1. The van der Waals surface area contributed by atoms with Crippen LogP contribution in [0.25, 0.3) is 0 Å². The molecule has 0 radical (unpaired) electrons. The summed E-state index contributed by atoms with van der Waals surface area (Å²) in [5.41, 5.74) is 2.78. The molecule has 0 amide bonds. The van der Waals surface area contributed by atoms with Gasteiger partial charge in [0.2, 0.25) is 0 Å². The van der Waals surface area contributed by atoms with Crippen molar-refractivity contribution < 1.29 is 4.74 Å². The lowest BCUT2D eigenvalue weighted by Crippen LogP contribution is -2.18. The normalized spacial score (nSPS) is 19.9. The number of fused-ring (bicyclic) bond motifs is 1. The van der Waals surface area contributed by atoms with Crippen LogP contribution in [0.5, 0.6) is 5.75 Å². The number of hydrogen-bond acceptors (Lipinski definition) is 1. The van der Waals surface area contributed by atoms with Crippen molar-refractivity contribution in [3.63, 3.8) is 0 Å². The molecule has 82 valence electrons. The van der Waals surface area contributed by atoms with E-state index in [4.69, 9.17) is 4.74 Å². The van der Waals surface area contributed by atoms with E-state index in [1.807, 2.05) is 0 Å². The fourth-order valence-corrected chi connectivity index (χ4v) is 2.37. The lowest BCUT2D eigenvalue weighted by Gasteiger charge is -2.29. The quantitative estimate of drug-likeness (QED) is 0.712. The van der Waals surface area contributed by atoms with Crippen LogP contribution < -0.4 is 4.74 Å². The molecule has 0 fully saturated rings. The number of benzene rings is 1. The summed E-state index contributed by atoms with van der Waals surface area (Å²) < 4.78 is 5.75. The Morgan fingerprint density at radius 3 is 2.87 bits per heavy atom. The standard InChI is InChI=1S/C14H20O/c1-4-11-5-6-13-12(10(2)3)7-8-15-14(13)9-11/h5-6,9-10,12H,4,7-8H2,1-3H3. The van der Waals surface area contributed by atoms with Crippen LogP contribution in [0.15, 0.2) is 18.2 Å². The summed E-state index contributed by atoms with van der Waals surface area (Å²) in [5.74, 6) is 2.51. The van der Waals surface area contributed by atoms with E-state index >= 15 is 0 Å². The highest BCUT2D eigenvalue weighted by atomic mass is 16.5. The summed E-state index contributed by atoms with van der Waals surface area (Å²) >= 11 is 0. The van der Waals surface area contributed by atoms with E-state index in [0.717, 1.165) is 25.2 Å². The molecule has 0 saturated heterocycles. The molecule has 1 aromatic rings. The van der Waals surface area contributed by atoms with Crippen LogP contribution in [0, 0.1) is 5.92 Å². The monoisotopic (exact) mass is 204 g/mol. The van der Waals surface area contributed by atoms with E-state index in [2.05, 4.69) is 39.0 Å². The minimum Gasteiger partial charge on any atom is -0.493 e. The van der Waals surface area contributed by atoms with Crippen molar-refractivity contribution in [3.8, 4) is 5.75 Å². The van der Waals surface area contributed by atoms with Gasteiger partial charge in [-0.1, -0.05) is 32.9 Å². The van der Waals surface area contributed by atoms with Gasteiger partial charge in [0.25, 0.3) is 0 Å². The predicted molar refractivity (Wildman–Crippen MR) is 63.5 cm³/mol. The van der Waals surface area contributed by atoms with Crippen molar-refractivity contribution in [3.05, 3.63) is 29.3 Å². The lowest BCUT2D eigenvalue weighted by atomic mass is 9.83. The zero-order valence-corrected chi connectivity index (χ0v) is 9.92. The van der Waals surface area contributed by atoms with Gasteiger partial charge < -0.3 is 4.74 Å². The second kappa shape index (κ2) is 4.26. The van der Waals surface area contributed by atoms with E-state index < -0.39 is 0 Å². The maximum absolute atomic E-state index is 5.75. The molecule has 2 rings (SSSR count). The number of hydrogen-bond donors (Lipinski definition) is 0. The van der Waals surface area contributed by atoms with E-state index in [1.54, 1.807) is 0 Å². The van der Waals surface area contributed by atoms with Gasteiger partial charge in [0, 0.05) is 0 Å². The third-order valence-corrected chi connectivity index (χ3v) is 3.38. The summed E-state index contributed by atoms with van der Waals surface area (Å²) in [5, 5.41) is 0. The third-order valence-electron chi connectivity index (χ3n) is 3.38. The Morgan fingerprint density at radius 1 is 1.40 bits per heavy atom. The molecule has 0 bridgehead atoms. The molecule has 0 aromatic heterocycles.